The Morgan fingerprint density at radius 3 is 2.58 bits per heavy atom. The zero-order chi connectivity index (χ0) is 17.5. The van der Waals surface area contributed by atoms with Crippen molar-refractivity contribution in [3.8, 4) is 0 Å². The van der Waals surface area contributed by atoms with E-state index in [-0.39, 0.29) is 24.3 Å². The summed E-state index contributed by atoms with van der Waals surface area (Å²) in [7, 11) is 4.03. The molecular weight excluding hydrogens is 324 g/mol. The maximum Gasteiger partial charge on any atom is 0.245 e. The minimum Gasteiger partial charge on any atom is -0.333 e. The van der Waals surface area contributed by atoms with Crippen molar-refractivity contribution >= 4 is 28.3 Å². The molecule has 1 aromatic rings. The highest BCUT2D eigenvalue weighted by molar-refractivity contribution is 7.13. The number of aromatic nitrogens is 1. The van der Waals surface area contributed by atoms with Crippen LogP contribution < -0.4 is 5.32 Å². The Bertz CT molecular complexity index is 553. The quantitative estimate of drug-likeness (QED) is 0.780. The smallest absolute Gasteiger partial charge is 0.245 e. The van der Waals surface area contributed by atoms with Gasteiger partial charge in [-0.2, -0.15) is 0 Å². The van der Waals surface area contributed by atoms with E-state index in [1.165, 1.54) is 11.3 Å². The highest BCUT2D eigenvalue weighted by Crippen LogP contribution is 2.26. The highest BCUT2D eigenvalue weighted by Gasteiger charge is 2.28. The maximum atomic E-state index is 12.7. The third kappa shape index (κ3) is 5.87. The monoisotopic (exact) mass is 352 g/mol. The van der Waals surface area contributed by atoms with Crippen molar-refractivity contribution in [2.24, 2.45) is 5.92 Å². The summed E-state index contributed by atoms with van der Waals surface area (Å²) >= 11 is 1.41. The topological polar surface area (TPSA) is 65.5 Å². The van der Waals surface area contributed by atoms with Gasteiger partial charge >= 0.3 is 0 Å². The van der Waals surface area contributed by atoms with Gasteiger partial charge in [0.25, 0.3) is 0 Å². The standard InChI is InChI=1S/C17H28N4O2S/c1-13-12-24-17(18-13)19-15(22)11-21(10-6-9-20(2)3)16(23)14-7-4-5-8-14/h12,14H,4-11H2,1-3H3,(H,18,19,22). The summed E-state index contributed by atoms with van der Waals surface area (Å²) < 4.78 is 0. The Labute approximate surface area is 148 Å². The fourth-order valence-electron chi connectivity index (χ4n) is 3.02. The van der Waals surface area contributed by atoms with Crippen LogP contribution in [0.4, 0.5) is 5.13 Å². The number of carbonyl (C=O) groups is 2. The largest absolute Gasteiger partial charge is 0.333 e. The first-order valence-electron chi connectivity index (χ1n) is 8.61. The van der Waals surface area contributed by atoms with Crippen LogP contribution in [-0.2, 0) is 9.59 Å². The van der Waals surface area contributed by atoms with Gasteiger partial charge in [0.1, 0.15) is 0 Å². The lowest BCUT2D eigenvalue weighted by Crippen LogP contribution is -2.42. The van der Waals surface area contributed by atoms with Gasteiger partial charge in [-0.05, 0) is 46.8 Å². The fraction of sp³-hybridized carbons (Fsp3) is 0.706. The second-order valence-corrected chi connectivity index (χ2v) is 7.60. The summed E-state index contributed by atoms with van der Waals surface area (Å²) in [5.74, 6) is 0.0662. The predicted octanol–water partition coefficient (Wildman–Crippen LogP) is 2.36. The number of aryl methyl sites for hydroxylation is 1. The van der Waals surface area contributed by atoms with Crippen LogP contribution in [0, 0.1) is 12.8 Å². The van der Waals surface area contributed by atoms with Crippen LogP contribution in [-0.4, -0.2) is 60.3 Å². The van der Waals surface area contributed by atoms with E-state index < -0.39 is 0 Å². The minimum absolute atomic E-state index is 0.0965. The van der Waals surface area contributed by atoms with Crippen LogP contribution >= 0.6 is 11.3 Å². The van der Waals surface area contributed by atoms with Gasteiger partial charge in [0.05, 0.1) is 12.2 Å². The average Bonchev–Trinajstić information content (AvgIpc) is 3.17. The summed E-state index contributed by atoms with van der Waals surface area (Å²) in [4.78, 5) is 33.1. The lowest BCUT2D eigenvalue weighted by Gasteiger charge is -2.25. The SMILES string of the molecule is Cc1csc(NC(=O)CN(CCCN(C)C)C(=O)C2CCCC2)n1. The van der Waals surface area contributed by atoms with Crippen LogP contribution in [0.25, 0.3) is 0 Å². The molecule has 0 spiro atoms. The summed E-state index contributed by atoms with van der Waals surface area (Å²) in [6, 6.07) is 0. The molecule has 0 aromatic carbocycles. The molecule has 0 radical (unpaired) electrons. The first-order valence-corrected chi connectivity index (χ1v) is 9.49. The molecule has 2 amide bonds. The third-order valence-corrected chi connectivity index (χ3v) is 5.12. The molecule has 0 saturated heterocycles. The Balaban J connectivity index is 1.92. The van der Waals surface area contributed by atoms with Gasteiger partial charge in [-0.25, -0.2) is 4.98 Å². The molecule has 2 rings (SSSR count). The second kappa shape index (κ2) is 9.13. The lowest BCUT2D eigenvalue weighted by molar-refractivity contribution is -0.138. The molecule has 1 N–H and O–H groups in total. The average molecular weight is 353 g/mol. The Hall–Kier alpha value is -1.47. The van der Waals surface area contributed by atoms with Crippen LogP contribution in [0.1, 0.15) is 37.8 Å². The van der Waals surface area contributed by atoms with Crippen LogP contribution in [0.3, 0.4) is 0 Å². The normalized spacial score (nSPS) is 15.0. The van der Waals surface area contributed by atoms with Crippen molar-refractivity contribution < 1.29 is 9.59 Å². The molecule has 0 atom stereocenters. The van der Waals surface area contributed by atoms with Crippen molar-refractivity contribution in [3.63, 3.8) is 0 Å². The van der Waals surface area contributed by atoms with E-state index in [0.29, 0.717) is 11.7 Å². The number of rotatable bonds is 8. The van der Waals surface area contributed by atoms with E-state index in [1.807, 2.05) is 26.4 Å². The van der Waals surface area contributed by atoms with Crippen LogP contribution in [0.15, 0.2) is 5.38 Å². The molecule has 0 bridgehead atoms. The van der Waals surface area contributed by atoms with Crippen LogP contribution in [0.5, 0.6) is 0 Å². The molecule has 1 fully saturated rings. The molecule has 134 valence electrons. The number of nitrogens with zero attached hydrogens (tertiary/aromatic N) is 3. The van der Waals surface area contributed by atoms with E-state index in [1.54, 1.807) is 4.90 Å². The molecule has 6 nitrogen and oxygen atoms in total. The first-order chi connectivity index (χ1) is 11.5. The lowest BCUT2D eigenvalue weighted by atomic mass is 10.1. The summed E-state index contributed by atoms with van der Waals surface area (Å²) in [5.41, 5.74) is 0.889. The maximum absolute atomic E-state index is 12.7. The van der Waals surface area contributed by atoms with Crippen molar-refractivity contribution in [2.75, 3.05) is 39.0 Å². The molecule has 1 aromatic heterocycles. The number of hydrogen-bond donors (Lipinski definition) is 1. The van der Waals surface area contributed by atoms with Crippen molar-refractivity contribution in [2.45, 2.75) is 39.0 Å². The van der Waals surface area contributed by atoms with Gasteiger partial charge in [0.15, 0.2) is 5.13 Å². The van der Waals surface area contributed by atoms with Crippen molar-refractivity contribution in [3.05, 3.63) is 11.1 Å². The number of hydrogen-bond acceptors (Lipinski definition) is 5. The van der Waals surface area contributed by atoms with Crippen molar-refractivity contribution in [1.82, 2.24) is 14.8 Å². The fourth-order valence-corrected chi connectivity index (χ4v) is 3.72. The number of amides is 2. The van der Waals surface area contributed by atoms with Gasteiger partial charge in [0.2, 0.25) is 11.8 Å². The summed E-state index contributed by atoms with van der Waals surface area (Å²) in [5, 5.41) is 5.30. The molecule has 0 aliphatic heterocycles. The van der Waals surface area contributed by atoms with Gasteiger partial charge in [-0.3, -0.25) is 9.59 Å². The molecule has 1 aliphatic carbocycles. The molecule has 1 heterocycles. The summed E-state index contributed by atoms with van der Waals surface area (Å²) in [6.45, 7) is 3.53. The number of anilines is 1. The van der Waals surface area contributed by atoms with E-state index in [4.69, 9.17) is 0 Å². The van der Waals surface area contributed by atoms with E-state index >= 15 is 0 Å². The van der Waals surface area contributed by atoms with Crippen LogP contribution in [0.2, 0.25) is 0 Å². The second-order valence-electron chi connectivity index (χ2n) is 6.74. The molecule has 7 heteroatoms. The molecule has 1 aliphatic rings. The Kier molecular flexibility index (Phi) is 7.17. The number of nitrogens with one attached hydrogen (secondary N) is 1. The van der Waals surface area contributed by atoms with Gasteiger partial charge < -0.3 is 15.1 Å². The molecule has 1 saturated carbocycles. The molecule has 0 unspecified atom stereocenters. The highest BCUT2D eigenvalue weighted by atomic mass is 32.1. The third-order valence-electron chi connectivity index (χ3n) is 4.25. The zero-order valence-corrected chi connectivity index (χ0v) is 15.7. The Morgan fingerprint density at radius 2 is 2.00 bits per heavy atom. The van der Waals surface area contributed by atoms with E-state index in [2.05, 4.69) is 15.2 Å². The summed E-state index contributed by atoms with van der Waals surface area (Å²) in [6.07, 6.45) is 5.01. The first kappa shape index (κ1) is 18.9. The minimum atomic E-state index is -0.166. The predicted molar refractivity (Wildman–Crippen MR) is 97.2 cm³/mol. The van der Waals surface area contributed by atoms with Gasteiger partial charge in [0, 0.05) is 17.8 Å². The molecule has 24 heavy (non-hydrogen) atoms. The number of carbonyl (C=O) groups excluding carboxylic acids is 2. The Morgan fingerprint density at radius 1 is 1.29 bits per heavy atom. The van der Waals surface area contributed by atoms with E-state index in [9.17, 15) is 9.59 Å². The zero-order valence-electron chi connectivity index (χ0n) is 14.9. The van der Waals surface area contributed by atoms with Crippen molar-refractivity contribution in [1.29, 1.82) is 0 Å². The number of thiazole rings is 1. The van der Waals surface area contributed by atoms with Gasteiger partial charge in [-0.15, -0.1) is 11.3 Å². The van der Waals surface area contributed by atoms with Gasteiger partial charge in [-0.1, -0.05) is 12.8 Å². The van der Waals surface area contributed by atoms with E-state index in [0.717, 1.165) is 44.3 Å². The molecular formula is C17H28N4O2S.